The fourth-order valence-corrected chi connectivity index (χ4v) is 10.2. The van der Waals surface area contributed by atoms with Gasteiger partial charge in [0, 0.05) is 108 Å². The first-order valence-corrected chi connectivity index (χ1v) is 30.1. The lowest BCUT2D eigenvalue weighted by molar-refractivity contribution is -0.141. The smallest absolute Gasteiger partial charge is 0.317 e. The Balaban J connectivity index is 0.00000104. The van der Waals surface area contributed by atoms with Crippen LogP contribution in [0.1, 0.15) is 104 Å². The van der Waals surface area contributed by atoms with Gasteiger partial charge in [-0.25, -0.2) is 0 Å². The summed E-state index contributed by atoms with van der Waals surface area (Å²) in [6.45, 7) is 14.2. The third-order valence-electron chi connectivity index (χ3n) is 13.5. The van der Waals surface area contributed by atoms with E-state index in [1.807, 2.05) is 36.9 Å². The van der Waals surface area contributed by atoms with Gasteiger partial charge in [-0.1, -0.05) is 54.0 Å². The van der Waals surface area contributed by atoms with Crippen molar-refractivity contribution >= 4 is 83.2 Å². The predicted molar refractivity (Wildman–Crippen MR) is 313 cm³/mol. The number of nitrogens with one attached hydrogen (secondary N) is 3. The van der Waals surface area contributed by atoms with Crippen molar-refractivity contribution in [1.29, 1.82) is 0 Å². The van der Waals surface area contributed by atoms with Crippen LogP contribution in [0, 0.1) is 17.8 Å². The monoisotopic (exact) mass is 1180 g/mol. The number of likely N-dealkylation sites (N-methyl/N-ethyl adjacent to an activating group) is 1. The molecule has 2 aliphatic heterocycles. The minimum Gasteiger partial charge on any atom is -0.480 e. The summed E-state index contributed by atoms with van der Waals surface area (Å²) >= 11 is 3.14. The molecule has 1 aromatic rings. The lowest BCUT2D eigenvalue weighted by Crippen LogP contribution is -2.58. The number of carboxylic acid groups (broad SMARTS) is 3. The van der Waals surface area contributed by atoms with Crippen LogP contribution in [-0.4, -0.2) is 232 Å². The van der Waals surface area contributed by atoms with Gasteiger partial charge in [0.05, 0.1) is 49.1 Å². The van der Waals surface area contributed by atoms with Crippen LogP contribution < -0.4 is 33.2 Å². The molecule has 0 radical (unpaired) electrons. The Bertz CT molecular complexity index is 2100. The van der Waals surface area contributed by atoms with Crippen molar-refractivity contribution in [3.8, 4) is 0 Å². The molecule has 3 atom stereocenters. The number of likely N-dealkylation sites (tertiary alicyclic amines) is 1. The number of carbonyl (C=O) groups is 10. The molecule has 25 nitrogen and oxygen atoms in total. The molecule has 2 saturated heterocycles. The first kappa shape index (κ1) is 73.6. The fourth-order valence-electron chi connectivity index (χ4n) is 8.47. The lowest BCUT2D eigenvalue weighted by Gasteiger charge is -2.39. The molecule has 0 saturated carbocycles. The number of aromatic nitrogens is 1. The zero-order valence-electron chi connectivity index (χ0n) is 48.7. The summed E-state index contributed by atoms with van der Waals surface area (Å²) < 4.78 is 0. The molecule has 12 N–H and O–H groups in total. The maximum absolute atomic E-state index is 13.5. The molecule has 27 heteroatoms. The van der Waals surface area contributed by atoms with E-state index in [1.165, 1.54) is 0 Å². The quantitative estimate of drug-likeness (QED) is 0.0361. The van der Waals surface area contributed by atoms with Crippen molar-refractivity contribution in [3.63, 3.8) is 0 Å². The van der Waals surface area contributed by atoms with E-state index in [2.05, 4.69) is 48.6 Å². The summed E-state index contributed by atoms with van der Waals surface area (Å²) in [4.78, 5) is 131. The average Bonchev–Trinajstić information content (AvgIpc) is 3.40. The molecule has 6 amide bonds. The van der Waals surface area contributed by atoms with Gasteiger partial charge < -0.3 is 58.2 Å². The molecule has 0 unspecified atom stereocenters. The molecule has 1 aromatic heterocycles. The Kier molecular flexibility index (Phi) is 37.0. The number of amides is 6. The second kappa shape index (κ2) is 40.7. The van der Waals surface area contributed by atoms with E-state index in [0.29, 0.717) is 73.9 Å². The molecule has 0 bridgehead atoms. The van der Waals surface area contributed by atoms with Crippen LogP contribution in [0.25, 0.3) is 0 Å². The van der Waals surface area contributed by atoms with Gasteiger partial charge in [0.25, 0.3) is 0 Å². The topological polar surface area (TPSA) is 375 Å². The number of rotatable bonds is 31. The van der Waals surface area contributed by atoms with E-state index in [4.69, 9.17) is 17.2 Å². The van der Waals surface area contributed by atoms with Crippen LogP contribution >= 0.6 is 23.5 Å². The van der Waals surface area contributed by atoms with Crippen molar-refractivity contribution < 1.29 is 63.3 Å². The Morgan fingerprint density at radius 3 is 1.47 bits per heavy atom. The molecule has 2 aliphatic rings. The van der Waals surface area contributed by atoms with Gasteiger partial charge in [-0.05, 0) is 62.6 Å². The molecule has 0 spiro atoms. The summed E-state index contributed by atoms with van der Waals surface area (Å²) in [5.74, 6) is -1.24. The third kappa shape index (κ3) is 33.9. The minimum absolute atomic E-state index is 0.00344. The highest BCUT2D eigenvalue weighted by atomic mass is 32.2. The van der Waals surface area contributed by atoms with E-state index in [9.17, 15) is 63.3 Å². The second-order valence-corrected chi connectivity index (χ2v) is 23.5. The zero-order chi connectivity index (χ0) is 61.1. The van der Waals surface area contributed by atoms with E-state index >= 15 is 0 Å². The number of aldehydes is 1. The Morgan fingerprint density at radius 2 is 1.11 bits per heavy atom. The summed E-state index contributed by atoms with van der Waals surface area (Å²) in [5.41, 5.74) is 16.1. The number of hydrogen-bond acceptors (Lipinski definition) is 18. The lowest BCUT2D eigenvalue weighted by atomic mass is 9.88. The van der Waals surface area contributed by atoms with E-state index in [0.717, 1.165) is 36.9 Å². The summed E-state index contributed by atoms with van der Waals surface area (Å²) in [5, 5.41) is 36.9. The number of nitrogens with zero attached hydrogens (tertiary/aromatic N) is 6. The molecule has 0 aromatic carbocycles. The number of hydrogen-bond donors (Lipinski definition) is 9. The maximum atomic E-state index is 13.5. The highest BCUT2D eigenvalue weighted by molar-refractivity contribution is 7.98. The number of carboxylic acids is 3. The largest absolute Gasteiger partial charge is 0.480 e. The fraction of sp³-hybridized carbons (Fsp3) is 0.722. The molecule has 3 heterocycles. The normalized spacial score (nSPS) is 16.8. The summed E-state index contributed by atoms with van der Waals surface area (Å²) in [7, 11) is 1.75. The Labute approximate surface area is 486 Å². The number of nitrogens with two attached hydrogens (primary N) is 3. The first-order chi connectivity index (χ1) is 38.2. The van der Waals surface area contributed by atoms with Gasteiger partial charge in [0.2, 0.25) is 35.4 Å². The van der Waals surface area contributed by atoms with Crippen LogP contribution in [-0.2, 0) is 59.5 Å². The summed E-state index contributed by atoms with van der Waals surface area (Å²) in [6, 6.07) is 4.89. The van der Waals surface area contributed by atoms with Crippen molar-refractivity contribution in [3.05, 3.63) is 29.6 Å². The van der Waals surface area contributed by atoms with Crippen molar-refractivity contribution in [2.45, 2.75) is 122 Å². The molecule has 81 heavy (non-hydrogen) atoms. The highest BCUT2D eigenvalue weighted by Gasteiger charge is 2.37. The van der Waals surface area contributed by atoms with Crippen molar-refractivity contribution in [1.82, 2.24) is 45.4 Å². The predicted octanol–water partition coefficient (Wildman–Crippen LogP) is 0.510. The number of thioether (sulfide) groups is 2. The van der Waals surface area contributed by atoms with Gasteiger partial charge in [0.1, 0.15) is 12.3 Å². The first-order valence-electron chi connectivity index (χ1n) is 27.7. The number of carbonyl (C=O) groups excluding carboxylic acids is 7. The van der Waals surface area contributed by atoms with E-state index in [-0.39, 0.29) is 126 Å². The van der Waals surface area contributed by atoms with Crippen LogP contribution in [0.3, 0.4) is 0 Å². The van der Waals surface area contributed by atoms with Gasteiger partial charge in [-0.2, -0.15) is 23.5 Å². The van der Waals surface area contributed by atoms with Gasteiger partial charge >= 0.3 is 17.9 Å². The zero-order valence-corrected chi connectivity index (χ0v) is 50.4. The number of primary amides is 3. The van der Waals surface area contributed by atoms with Crippen LogP contribution in [0.4, 0.5) is 0 Å². The van der Waals surface area contributed by atoms with Gasteiger partial charge in [0.15, 0.2) is 0 Å². The van der Waals surface area contributed by atoms with Crippen molar-refractivity contribution in [2.24, 2.45) is 35.0 Å². The second-order valence-electron chi connectivity index (χ2n) is 21.3. The number of pyridine rings is 1. The average molecular weight is 1180 g/mol. The number of piperidine rings is 1. The molecule has 3 rings (SSSR count). The van der Waals surface area contributed by atoms with Gasteiger partial charge in [-0.3, -0.25) is 67.7 Å². The third-order valence-corrected chi connectivity index (χ3v) is 15.5. The molecule has 2 fully saturated rings. The van der Waals surface area contributed by atoms with E-state index in [1.54, 1.807) is 50.2 Å². The maximum Gasteiger partial charge on any atom is 0.317 e. The van der Waals surface area contributed by atoms with Crippen LogP contribution in [0.5, 0.6) is 0 Å². The van der Waals surface area contributed by atoms with Gasteiger partial charge in [-0.15, -0.1) is 0 Å². The Hall–Kier alpha value is -5.45. The van der Waals surface area contributed by atoms with Crippen LogP contribution in [0.15, 0.2) is 18.2 Å². The molecule has 0 aliphatic carbocycles. The molecule has 460 valence electrons. The Morgan fingerprint density at radius 1 is 0.667 bits per heavy atom. The molecular weight excluding hydrogens is 1090 g/mol. The van der Waals surface area contributed by atoms with E-state index < -0.39 is 35.4 Å². The molecular formula is C54H94N12O13S2. The summed E-state index contributed by atoms with van der Waals surface area (Å²) in [6.07, 6.45) is 4.74. The SMILES string of the molecule is CC(C)CCC(N)=O.CC[C@H](C)[C@H](NC(=O)[C@H](CC(C)C)NC)C(N)=O.NC(=O)CCSCc1cccc(CSCCC(=O)NC2(C=O)CCN(C(=O)CN3CCN(CC(=O)O)CCN(CC(=O)O)CCN(CC(=O)O)CC3)CC2)n1. The number of aliphatic carboxylic acids is 3. The minimum atomic E-state index is -1.09. The highest BCUT2D eigenvalue weighted by Crippen LogP contribution is 2.22. The van der Waals surface area contributed by atoms with Crippen LogP contribution in [0.2, 0.25) is 0 Å². The standard InChI is InChI=1S/C35H54N8O10S2.C13H27N3O2.C6H13NO/c36-29(45)4-18-54-24-27-2-1-3-28(37-27)25-55-19-5-30(46)38-35(26-44)6-8-43(9-7-35)31(47)20-39-10-12-40(21-32(48)49)14-16-42(23-34(52)53)17-15-41(13-11-39)22-33(50)51;1-6-9(4)11(12(14)17)16-13(18)10(15-5)7-8(2)3;1-5(2)3-4-6(7)8/h1-3,26H,4-25H2,(H2,36,45)(H,38,46)(H,48,49)(H,50,51)(H,52,53);8-11,15H,6-7H2,1-5H3,(H2,14,17)(H,16,18);5H,3-4H2,1-2H3,(H2,7,8)/t;9-,10-,11-;/m.0./s1. The van der Waals surface area contributed by atoms with Crippen molar-refractivity contribution in [2.75, 3.05) is 110 Å².